The maximum Gasteiger partial charge on any atom is 0.492 e. The van der Waals surface area contributed by atoms with Crippen molar-refractivity contribution in [3.05, 3.63) is 22.2 Å². The maximum atomic E-state index is 12.2. The van der Waals surface area contributed by atoms with Gasteiger partial charge in [0.15, 0.2) is 5.82 Å². The molecule has 0 fully saturated rings. The first kappa shape index (κ1) is 9.00. The van der Waals surface area contributed by atoms with Gasteiger partial charge in [0.05, 0.1) is 5.56 Å². The first-order valence-electron chi connectivity index (χ1n) is 3.67. The Morgan fingerprint density at radius 1 is 1.50 bits per heavy atom. The van der Waals surface area contributed by atoms with E-state index in [2.05, 4.69) is 15.8 Å². The number of alkyl halides is 3. The van der Waals surface area contributed by atoms with Crippen LogP contribution in [0.25, 0.3) is 0 Å². The van der Waals surface area contributed by atoms with Gasteiger partial charge >= 0.3 is 6.30 Å². The molecular weight excluding hydrogens is 201 g/mol. The van der Waals surface area contributed by atoms with Crippen molar-refractivity contribution in [1.29, 1.82) is 0 Å². The minimum absolute atomic E-state index is 0.00942. The van der Waals surface area contributed by atoms with Gasteiger partial charge in [-0.3, -0.25) is 4.79 Å². The van der Waals surface area contributed by atoms with E-state index in [9.17, 15) is 18.0 Å². The number of hydrogen-bond acceptors (Lipinski definition) is 4. The summed E-state index contributed by atoms with van der Waals surface area (Å²) in [5, 5.41) is 0. The number of halogens is 3. The van der Waals surface area contributed by atoms with Gasteiger partial charge in [0, 0.05) is 6.54 Å². The fourth-order valence-corrected chi connectivity index (χ4v) is 1.16. The summed E-state index contributed by atoms with van der Waals surface area (Å²) in [6, 6.07) is 0. The predicted octanol–water partition coefficient (Wildman–Crippen LogP) is 0.150. The van der Waals surface area contributed by atoms with Gasteiger partial charge in [0.1, 0.15) is 6.33 Å². The van der Waals surface area contributed by atoms with Crippen molar-refractivity contribution in [3.8, 4) is 0 Å². The van der Waals surface area contributed by atoms with Crippen molar-refractivity contribution >= 4 is 5.82 Å². The molecule has 1 aromatic heterocycles. The van der Waals surface area contributed by atoms with Gasteiger partial charge in [-0.1, -0.05) is 0 Å². The molecule has 1 aromatic rings. The SMILES string of the molecule is O=c1c2c(ncn1C(F)(F)F)NNC2. The van der Waals surface area contributed by atoms with Crippen molar-refractivity contribution in [2.24, 2.45) is 0 Å². The number of anilines is 1. The third-order valence-electron chi connectivity index (χ3n) is 1.81. The van der Waals surface area contributed by atoms with Gasteiger partial charge in [0.2, 0.25) is 0 Å². The van der Waals surface area contributed by atoms with Crippen molar-refractivity contribution in [1.82, 2.24) is 15.0 Å². The van der Waals surface area contributed by atoms with Gasteiger partial charge in [-0.15, -0.1) is 13.2 Å². The first-order chi connectivity index (χ1) is 6.50. The lowest BCUT2D eigenvalue weighted by Gasteiger charge is -2.09. The zero-order valence-corrected chi connectivity index (χ0v) is 6.72. The second kappa shape index (κ2) is 2.71. The lowest BCUT2D eigenvalue weighted by Crippen LogP contribution is -2.32. The minimum Gasteiger partial charge on any atom is -0.305 e. The quantitative estimate of drug-likeness (QED) is 0.634. The molecule has 2 rings (SSSR count). The smallest absolute Gasteiger partial charge is 0.305 e. The van der Waals surface area contributed by atoms with Crippen LogP contribution in [0.5, 0.6) is 0 Å². The molecule has 76 valence electrons. The Bertz CT molecular complexity index is 424. The molecular formula is C6H5F3N4O. The van der Waals surface area contributed by atoms with Gasteiger partial charge in [0.25, 0.3) is 5.56 Å². The molecule has 0 saturated carbocycles. The Hall–Kier alpha value is -1.57. The molecule has 0 atom stereocenters. The van der Waals surface area contributed by atoms with Crippen LogP contribution in [-0.4, -0.2) is 9.55 Å². The van der Waals surface area contributed by atoms with E-state index in [0.29, 0.717) is 6.33 Å². The van der Waals surface area contributed by atoms with Crippen LogP contribution < -0.4 is 16.4 Å². The summed E-state index contributed by atoms with van der Waals surface area (Å²) in [6.45, 7) is 0.0398. The van der Waals surface area contributed by atoms with Crippen molar-refractivity contribution in [2.75, 3.05) is 5.43 Å². The first-order valence-corrected chi connectivity index (χ1v) is 3.67. The summed E-state index contributed by atoms with van der Waals surface area (Å²) in [5.74, 6) is 0.149. The van der Waals surface area contributed by atoms with Crippen LogP contribution in [0.4, 0.5) is 19.0 Å². The maximum absolute atomic E-state index is 12.2. The van der Waals surface area contributed by atoms with Crippen molar-refractivity contribution in [3.63, 3.8) is 0 Å². The van der Waals surface area contributed by atoms with Crippen LogP contribution in [0, 0.1) is 0 Å². The van der Waals surface area contributed by atoms with E-state index < -0.39 is 11.9 Å². The summed E-state index contributed by atoms with van der Waals surface area (Å²) in [7, 11) is 0. The molecule has 2 N–H and O–H groups in total. The molecule has 0 bridgehead atoms. The molecule has 14 heavy (non-hydrogen) atoms. The lowest BCUT2D eigenvalue weighted by atomic mass is 10.3. The van der Waals surface area contributed by atoms with Crippen LogP contribution in [0.2, 0.25) is 0 Å². The van der Waals surface area contributed by atoms with E-state index in [-0.39, 0.29) is 22.5 Å². The van der Waals surface area contributed by atoms with Gasteiger partial charge in [-0.2, -0.15) is 0 Å². The summed E-state index contributed by atoms with van der Waals surface area (Å²) < 4.78 is 36.3. The topological polar surface area (TPSA) is 59.0 Å². The standard InChI is InChI=1S/C6H5F3N4O/c7-6(8,9)13-2-10-4-3(5(13)14)1-11-12-4/h2,11-12H,1H2. The molecule has 0 saturated heterocycles. The van der Waals surface area contributed by atoms with Crippen molar-refractivity contribution < 1.29 is 13.2 Å². The summed E-state index contributed by atoms with van der Waals surface area (Å²) in [5.41, 5.74) is 3.89. The molecule has 5 nitrogen and oxygen atoms in total. The molecule has 0 radical (unpaired) electrons. The van der Waals surface area contributed by atoms with Gasteiger partial charge in [-0.25, -0.2) is 15.0 Å². The third-order valence-corrected chi connectivity index (χ3v) is 1.81. The van der Waals surface area contributed by atoms with E-state index in [1.165, 1.54) is 0 Å². The van der Waals surface area contributed by atoms with E-state index in [1.807, 2.05) is 0 Å². The molecule has 0 aliphatic carbocycles. The second-order valence-electron chi connectivity index (χ2n) is 2.69. The number of nitrogens with zero attached hydrogens (tertiary/aromatic N) is 2. The number of nitrogens with one attached hydrogen (secondary N) is 2. The fraction of sp³-hybridized carbons (Fsp3) is 0.333. The van der Waals surface area contributed by atoms with Crippen LogP contribution in [0.15, 0.2) is 11.1 Å². The zero-order valence-electron chi connectivity index (χ0n) is 6.72. The van der Waals surface area contributed by atoms with Gasteiger partial charge < -0.3 is 5.43 Å². The Labute approximate surface area is 75.5 Å². The molecule has 2 heterocycles. The lowest BCUT2D eigenvalue weighted by molar-refractivity contribution is -0.206. The molecule has 0 spiro atoms. The minimum atomic E-state index is -4.72. The summed E-state index contributed by atoms with van der Waals surface area (Å²) in [6.07, 6.45) is -4.26. The average Bonchev–Trinajstić information content (AvgIpc) is 2.50. The average molecular weight is 206 g/mol. The molecule has 1 aliphatic heterocycles. The second-order valence-corrected chi connectivity index (χ2v) is 2.69. The number of aromatic nitrogens is 2. The van der Waals surface area contributed by atoms with Crippen LogP contribution >= 0.6 is 0 Å². The summed E-state index contributed by atoms with van der Waals surface area (Å²) >= 11 is 0. The predicted molar refractivity (Wildman–Crippen MR) is 40.3 cm³/mol. The number of rotatable bonds is 0. The number of hydrazine groups is 1. The molecule has 0 aromatic carbocycles. The highest BCUT2D eigenvalue weighted by molar-refractivity contribution is 5.44. The molecule has 1 aliphatic rings. The number of hydrogen-bond donors (Lipinski definition) is 2. The Kier molecular flexibility index (Phi) is 1.74. The Morgan fingerprint density at radius 2 is 2.21 bits per heavy atom. The fourth-order valence-electron chi connectivity index (χ4n) is 1.16. The van der Waals surface area contributed by atoms with E-state index in [4.69, 9.17) is 0 Å². The van der Waals surface area contributed by atoms with E-state index in [0.717, 1.165) is 0 Å². The van der Waals surface area contributed by atoms with Crippen LogP contribution in [0.1, 0.15) is 5.56 Å². The molecule has 0 amide bonds. The van der Waals surface area contributed by atoms with Crippen molar-refractivity contribution in [2.45, 2.75) is 12.8 Å². The van der Waals surface area contributed by atoms with Gasteiger partial charge in [-0.05, 0) is 0 Å². The monoisotopic (exact) mass is 206 g/mol. The highest BCUT2D eigenvalue weighted by Crippen LogP contribution is 2.21. The summed E-state index contributed by atoms with van der Waals surface area (Å²) in [4.78, 5) is 14.7. The highest BCUT2D eigenvalue weighted by Gasteiger charge is 2.34. The molecule has 0 unspecified atom stereocenters. The highest BCUT2D eigenvalue weighted by atomic mass is 19.4. The van der Waals surface area contributed by atoms with Crippen LogP contribution in [0.3, 0.4) is 0 Å². The Balaban J connectivity index is 2.62. The molecule has 8 heteroatoms. The Morgan fingerprint density at radius 3 is 2.86 bits per heavy atom. The largest absolute Gasteiger partial charge is 0.492 e. The van der Waals surface area contributed by atoms with E-state index >= 15 is 0 Å². The normalized spacial score (nSPS) is 15.1. The van der Waals surface area contributed by atoms with E-state index in [1.54, 1.807) is 0 Å². The zero-order chi connectivity index (χ0) is 10.3. The van der Waals surface area contributed by atoms with Crippen LogP contribution in [-0.2, 0) is 12.8 Å². The third kappa shape index (κ3) is 1.23. The number of fused-ring (bicyclic) bond motifs is 1.